The van der Waals surface area contributed by atoms with Gasteiger partial charge in [-0.25, -0.2) is 9.67 Å². The molecule has 2 aromatic heterocycles. The fourth-order valence-electron chi connectivity index (χ4n) is 1.88. The van der Waals surface area contributed by atoms with E-state index in [2.05, 4.69) is 21.5 Å². The Morgan fingerprint density at radius 2 is 2.12 bits per heavy atom. The van der Waals surface area contributed by atoms with Crippen molar-refractivity contribution >= 4 is 0 Å². The molecule has 0 aromatic carbocycles. The first-order valence-corrected chi connectivity index (χ1v) is 5.71. The highest BCUT2D eigenvalue weighted by Crippen LogP contribution is 2.16. The summed E-state index contributed by atoms with van der Waals surface area (Å²) >= 11 is 0. The van der Waals surface area contributed by atoms with Crippen molar-refractivity contribution in [3.05, 3.63) is 34.8 Å². The van der Waals surface area contributed by atoms with E-state index in [1.165, 1.54) is 0 Å². The van der Waals surface area contributed by atoms with Crippen molar-refractivity contribution < 1.29 is 4.42 Å². The maximum Gasteiger partial charge on any atom is 0.147 e. The van der Waals surface area contributed by atoms with Crippen LogP contribution in [0.25, 0.3) is 0 Å². The van der Waals surface area contributed by atoms with Crippen molar-refractivity contribution in [1.29, 1.82) is 0 Å². The SMILES string of the molecule is CNCc1cc(Cn2nc(C)nc2C)c(C)o1. The fourth-order valence-corrected chi connectivity index (χ4v) is 1.88. The third-order valence-electron chi connectivity index (χ3n) is 2.71. The van der Waals surface area contributed by atoms with Crippen LogP contribution in [-0.4, -0.2) is 21.8 Å². The van der Waals surface area contributed by atoms with E-state index in [1.54, 1.807) is 0 Å². The average molecular weight is 234 g/mol. The van der Waals surface area contributed by atoms with Crippen LogP contribution in [0.15, 0.2) is 10.5 Å². The monoisotopic (exact) mass is 234 g/mol. The average Bonchev–Trinajstić information content (AvgIpc) is 2.73. The molecule has 2 aromatic rings. The lowest BCUT2D eigenvalue weighted by Crippen LogP contribution is -2.05. The molecule has 0 atom stereocenters. The minimum absolute atomic E-state index is 0.714. The molecule has 2 rings (SSSR count). The Hall–Kier alpha value is -1.62. The molecular formula is C12H18N4O. The van der Waals surface area contributed by atoms with Gasteiger partial charge in [-0.1, -0.05) is 0 Å². The van der Waals surface area contributed by atoms with Crippen LogP contribution in [0.2, 0.25) is 0 Å². The van der Waals surface area contributed by atoms with E-state index in [0.717, 1.165) is 35.3 Å². The minimum atomic E-state index is 0.714. The Morgan fingerprint density at radius 3 is 2.71 bits per heavy atom. The largest absolute Gasteiger partial charge is 0.465 e. The number of nitrogens with one attached hydrogen (secondary N) is 1. The third-order valence-corrected chi connectivity index (χ3v) is 2.71. The van der Waals surface area contributed by atoms with Gasteiger partial charge < -0.3 is 9.73 Å². The van der Waals surface area contributed by atoms with Crippen LogP contribution in [0.1, 0.15) is 28.7 Å². The lowest BCUT2D eigenvalue weighted by molar-refractivity contribution is 0.467. The Kier molecular flexibility index (Phi) is 3.28. The van der Waals surface area contributed by atoms with Crippen LogP contribution in [-0.2, 0) is 13.1 Å². The molecule has 0 fully saturated rings. The number of rotatable bonds is 4. The minimum Gasteiger partial charge on any atom is -0.465 e. The van der Waals surface area contributed by atoms with Crippen molar-refractivity contribution in [3.8, 4) is 0 Å². The lowest BCUT2D eigenvalue weighted by Gasteiger charge is -2.00. The smallest absolute Gasteiger partial charge is 0.147 e. The molecule has 0 saturated heterocycles. The zero-order chi connectivity index (χ0) is 12.4. The summed E-state index contributed by atoms with van der Waals surface area (Å²) in [6, 6.07) is 2.07. The predicted molar refractivity (Wildman–Crippen MR) is 64.8 cm³/mol. The molecule has 2 heterocycles. The second kappa shape index (κ2) is 4.71. The molecule has 0 aliphatic rings. The molecule has 0 amide bonds. The number of nitrogens with zero attached hydrogens (tertiary/aromatic N) is 3. The van der Waals surface area contributed by atoms with Gasteiger partial charge in [-0.3, -0.25) is 0 Å². The van der Waals surface area contributed by atoms with E-state index in [4.69, 9.17) is 4.42 Å². The van der Waals surface area contributed by atoms with Crippen LogP contribution >= 0.6 is 0 Å². The topological polar surface area (TPSA) is 55.9 Å². The molecule has 0 aliphatic heterocycles. The van der Waals surface area contributed by atoms with Crippen LogP contribution in [0.4, 0.5) is 0 Å². The van der Waals surface area contributed by atoms with Crippen molar-refractivity contribution in [2.24, 2.45) is 0 Å². The van der Waals surface area contributed by atoms with Crippen molar-refractivity contribution in [2.75, 3.05) is 7.05 Å². The van der Waals surface area contributed by atoms with E-state index in [1.807, 2.05) is 32.5 Å². The molecular weight excluding hydrogens is 216 g/mol. The maximum atomic E-state index is 5.65. The van der Waals surface area contributed by atoms with Crippen molar-refractivity contribution in [1.82, 2.24) is 20.1 Å². The molecule has 0 saturated carbocycles. The summed E-state index contributed by atoms with van der Waals surface area (Å²) in [4.78, 5) is 4.29. The summed E-state index contributed by atoms with van der Waals surface area (Å²) in [5.41, 5.74) is 1.16. The number of hydrogen-bond acceptors (Lipinski definition) is 4. The lowest BCUT2D eigenvalue weighted by atomic mass is 10.2. The van der Waals surface area contributed by atoms with Gasteiger partial charge in [0.05, 0.1) is 13.1 Å². The van der Waals surface area contributed by atoms with Gasteiger partial charge in [0.15, 0.2) is 0 Å². The van der Waals surface area contributed by atoms with Gasteiger partial charge in [0.2, 0.25) is 0 Å². The van der Waals surface area contributed by atoms with Crippen molar-refractivity contribution in [3.63, 3.8) is 0 Å². The van der Waals surface area contributed by atoms with Gasteiger partial charge in [0.25, 0.3) is 0 Å². The van der Waals surface area contributed by atoms with Gasteiger partial charge in [-0.2, -0.15) is 5.10 Å². The second-order valence-electron chi connectivity index (χ2n) is 4.19. The predicted octanol–water partition coefficient (Wildman–Crippen LogP) is 1.56. The molecule has 0 spiro atoms. The van der Waals surface area contributed by atoms with Crippen LogP contribution in [0, 0.1) is 20.8 Å². The first kappa shape index (κ1) is 11.9. The van der Waals surface area contributed by atoms with E-state index in [9.17, 15) is 0 Å². The summed E-state index contributed by atoms with van der Waals surface area (Å²) in [7, 11) is 1.91. The zero-order valence-corrected chi connectivity index (χ0v) is 10.7. The first-order chi connectivity index (χ1) is 8.10. The second-order valence-corrected chi connectivity index (χ2v) is 4.19. The fraction of sp³-hybridized carbons (Fsp3) is 0.500. The molecule has 0 aliphatic carbocycles. The summed E-state index contributed by atoms with van der Waals surface area (Å²) in [5, 5.41) is 7.43. The molecule has 5 heteroatoms. The first-order valence-electron chi connectivity index (χ1n) is 5.71. The number of aryl methyl sites for hydroxylation is 3. The third kappa shape index (κ3) is 2.55. The summed E-state index contributed by atoms with van der Waals surface area (Å²) < 4.78 is 7.55. The van der Waals surface area contributed by atoms with E-state index in [-0.39, 0.29) is 0 Å². The Labute approximate surface area is 101 Å². The highest BCUT2D eigenvalue weighted by Gasteiger charge is 2.10. The van der Waals surface area contributed by atoms with E-state index >= 15 is 0 Å². The standard InChI is InChI=1S/C12H18N4O/c1-8-11(5-12(17-8)6-13-4)7-16-10(3)14-9(2)15-16/h5,13H,6-7H2,1-4H3. The molecule has 0 unspecified atom stereocenters. The Bertz CT molecular complexity index is 513. The van der Waals surface area contributed by atoms with Gasteiger partial charge in [0, 0.05) is 5.56 Å². The normalized spacial score (nSPS) is 11.1. The number of aromatic nitrogens is 3. The molecule has 5 nitrogen and oxygen atoms in total. The quantitative estimate of drug-likeness (QED) is 0.872. The molecule has 1 N–H and O–H groups in total. The van der Waals surface area contributed by atoms with Gasteiger partial charge in [0.1, 0.15) is 23.2 Å². The zero-order valence-electron chi connectivity index (χ0n) is 10.7. The van der Waals surface area contributed by atoms with Crippen molar-refractivity contribution in [2.45, 2.75) is 33.9 Å². The summed E-state index contributed by atoms with van der Waals surface area (Å²) in [6.45, 7) is 7.30. The Morgan fingerprint density at radius 1 is 1.35 bits per heavy atom. The highest BCUT2D eigenvalue weighted by atomic mass is 16.3. The molecule has 0 bridgehead atoms. The van der Waals surface area contributed by atoms with Crippen LogP contribution in [0.5, 0.6) is 0 Å². The Balaban J connectivity index is 2.20. The van der Waals surface area contributed by atoms with Crippen LogP contribution < -0.4 is 5.32 Å². The highest BCUT2D eigenvalue weighted by molar-refractivity contribution is 5.21. The van der Waals surface area contributed by atoms with Gasteiger partial charge in [-0.15, -0.1) is 0 Å². The summed E-state index contributed by atoms with van der Waals surface area (Å²) in [6.07, 6.45) is 0. The number of hydrogen-bond donors (Lipinski definition) is 1. The van der Waals surface area contributed by atoms with Gasteiger partial charge in [-0.05, 0) is 33.9 Å². The maximum absolute atomic E-state index is 5.65. The number of furan rings is 1. The molecule has 0 radical (unpaired) electrons. The van der Waals surface area contributed by atoms with E-state index in [0.29, 0.717) is 6.54 Å². The van der Waals surface area contributed by atoms with Crippen LogP contribution in [0.3, 0.4) is 0 Å². The van der Waals surface area contributed by atoms with E-state index < -0.39 is 0 Å². The summed E-state index contributed by atoms with van der Waals surface area (Å²) in [5.74, 6) is 3.63. The molecule has 17 heavy (non-hydrogen) atoms. The van der Waals surface area contributed by atoms with Gasteiger partial charge >= 0.3 is 0 Å². The molecule has 92 valence electrons.